The number of hydrogen-bond acceptors (Lipinski definition) is 5. The molecule has 140 valence electrons. The van der Waals surface area contributed by atoms with E-state index in [-0.39, 0.29) is 11.9 Å². The summed E-state index contributed by atoms with van der Waals surface area (Å²) in [6, 6.07) is 10.5. The summed E-state index contributed by atoms with van der Waals surface area (Å²) < 4.78 is 1.78. The first-order valence-corrected chi connectivity index (χ1v) is 10.3. The zero-order chi connectivity index (χ0) is 18.5. The Bertz CT molecular complexity index is 862. The van der Waals surface area contributed by atoms with Gasteiger partial charge < -0.3 is 4.90 Å². The summed E-state index contributed by atoms with van der Waals surface area (Å²) in [5.74, 6) is -0.0378. The van der Waals surface area contributed by atoms with Crippen molar-refractivity contribution in [2.75, 3.05) is 6.54 Å². The van der Waals surface area contributed by atoms with Crippen LogP contribution in [0.2, 0.25) is 0 Å². The molecule has 0 unspecified atom stereocenters. The second-order valence-electron chi connectivity index (χ2n) is 6.84. The van der Waals surface area contributed by atoms with Crippen molar-refractivity contribution in [3.63, 3.8) is 0 Å². The van der Waals surface area contributed by atoms with E-state index >= 15 is 0 Å². The van der Waals surface area contributed by atoms with Crippen LogP contribution in [-0.2, 0) is 13.0 Å². The van der Waals surface area contributed by atoms with Crippen LogP contribution in [0.5, 0.6) is 0 Å². The van der Waals surface area contributed by atoms with Crippen LogP contribution in [-0.4, -0.2) is 37.3 Å². The topological polar surface area (TPSA) is 63.9 Å². The Kier molecular flexibility index (Phi) is 5.58. The highest BCUT2D eigenvalue weighted by Gasteiger charge is 2.31. The minimum atomic E-state index is -0.0378. The molecule has 1 atom stereocenters. The highest BCUT2D eigenvalue weighted by molar-refractivity contribution is 7.09. The highest BCUT2D eigenvalue weighted by atomic mass is 32.1. The SMILES string of the molecule is O=C(c1cn(CCCc2ccccc2)nn1)N1CCCC[C@@H]1c1nccs1. The number of aromatic nitrogens is 4. The summed E-state index contributed by atoms with van der Waals surface area (Å²) in [7, 11) is 0. The molecule has 3 aromatic rings. The molecule has 27 heavy (non-hydrogen) atoms. The molecule has 1 aliphatic heterocycles. The molecule has 0 N–H and O–H groups in total. The molecule has 2 aromatic heterocycles. The van der Waals surface area contributed by atoms with Crippen LogP contribution in [0.25, 0.3) is 0 Å². The monoisotopic (exact) mass is 381 g/mol. The molecule has 0 aliphatic carbocycles. The van der Waals surface area contributed by atoms with E-state index in [1.165, 1.54) is 5.56 Å². The zero-order valence-electron chi connectivity index (χ0n) is 15.2. The smallest absolute Gasteiger partial charge is 0.276 e. The number of benzene rings is 1. The van der Waals surface area contributed by atoms with Crippen molar-refractivity contribution in [1.29, 1.82) is 0 Å². The molecule has 6 nitrogen and oxygen atoms in total. The number of rotatable bonds is 6. The molecule has 1 saturated heterocycles. The van der Waals surface area contributed by atoms with Gasteiger partial charge in [-0.2, -0.15) is 0 Å². The molecule has 1 amide bonds. The second kappa shape index (κ2) is 8.43. The summed E-state index contributed by atoms with van der Waals surface area (Å²) >= 11 is 1.61. The summed E-state index contributed by atoms with van der Waals surface area (Å²) in [5.41, 5.74) is 1.74. The van der Waals surface area contributed by atoms with Crippen molar-refractivity contribution in [2.24, 2.45) is 0 Å². The summed E-state index contributed by atoms with van der Waals surface area (Å²) in [6.45, 7) is 1.51. The third kappa shape index (κ3) is 4.24. The van der Waals surface area contributed by atoms with E-state index in [4.69, 9.17) is 0 Å². The lowest BCUT2D eigenvalue weighted by atomic mass is 10.0. The minimum Gasteiger partial charge on any atom is -0.328 e. The first-order chi connectivity index (χ1) is 13.3. The van der Waals surface area contributed by atoms with Crippen molar-refractivity contribution >= 4 is 17.2 Å². The molecular weight excluding hydrogens is 358 g/mol. The van der Waals surface area contributed by atoms with Gasteiger partial charge in [0.25, 0.3) is 5.91 Å². The molecule has 1 aromatic carbocycles. The van der Waals surface area contributed by atoms with E-state index < -0.39 is 0 Å². The normalized spacial score (nSPS) is 17.2. The average molecular weight is 382 g/mol. The zero-order valence-corrected chi connectivity index (χ0v) is 16.0. The van der Waals surface area contributed by atoms with Crippen LogP contribution in [0.15, 0.2) is 48.1 Å². The number of carbonyl (C=O) groups is 1. The van der Waals surface area contributed by atoms with Gasteiger partial charge >= 0.3 is 0 Å². The molecule has 1 aliphatic rings. The quantitative estimate of drug-likeness (QED) is 0.653. The highest BCUT2D eigenvalue weighted by Crippen LogP contribution is 2.32. The van der Waals surface area contributed by atoms with Crippen molar-refractivity contribution in [3.8, 4) is 0 Å². The van der Waals surface area contributed by atoms with Crippen molar-refractivity contribution < 1.29 is 4.79 Å². The van der Waals surface area contributed by atoms with Crippen LogP contribution in [0, 0.1) is 0 Å². The third-order valence-corrected chi connectivity index (χ3v) is 5.83. The van der Waals surface area contributed by atoms with E-state index in [1.807, 2.05) is 16.3 Å². The van der Waals surface area contributed by atoms with Gasteiger partial charge in [-0.15, -0.1) is 16.4 Å². The Morgan fingerprint density at radius 1 is 1.22 bits per heavy atom. The Hall–Kier alpha value is -2.54. The van der Waals surface area contributed by atoms with Crippen LogP contribution in [0.4, 0.5) is 0 Å². The molecule has 0 saturated carbocycles. The molecule has 0 spiro atoms. The number of hydrogen-bond donors (Lipinski definition) is 0. The van der Waals surface area contributed by atoms with E-state index in [0.717, 1.165) is 50.2 Å². The van der Waals surface area contributed by atoms with Gasteiger partial charge in [0.1, 0.15) is 5.01 Å². The molecular formula is C20H23N5OS. The number of likely N-dealkylation sites (tertiary alicyclic amines) is 1. The molecule has 0 radical (unpaired) electrons. The van der Waals surface area contributed by atoms with E-state index in [1.54, 1.807) is 28.4 Å². The fraction of sp³-hybridized carbons (Fsp3) is 0.400. The van der Waals surface area contributed by atoms with Gasteiger partial charge in [-0.3, -0.25) is 9.48 Å². The molecule has 3 heterocycles. The first kappa shape index (κ1) is 17.9. The van der Waals surface area contributed by atoms with Crippen molar-refractivity contribution in [2.45, 2.75) is 44.7 Å². The number of aryl methyl sites for hydroxylation is 2. The predicted octanol–water partition coefficient (Wildman–Crippen LogP) is 3.73. The summed E-state index contributed by atoms with van der Waals surface area (Å²) in [5, 5.41) is 11.3. The number of carbonyl (C=O) groups excluding carboxylic acids is 1. The lowest BCUT2D eigenvalue weighted by molar-refractivity contribution is 0.0605. The van der Waals surface area contributed by atoms with E-state index in [0.29, 0.717) is 5.69 Å². The lowest BCUT2D eigenvalue weighted by Crippen LogP contribution is -2.38. The number of thiazole rings is 1. The fourth-order valence-corrected chi connectivity index (χ4v) is 4.36. The summed E-state index contributed by atoms with van der Waals surface area (Å²) in [6.07, 6.45) is 8.65. The number of amides is 1. The Morgan fingerprint density at radius 3 is 2.93 bits per heavy atom. The van der Waals surface area contributed by atoms with Gasteiger partial charge in [-0.1, -0.05) is 35.5 Å². The van der Waals surface area contributed by atoms with Gasteiger partial charge in [-0.25, -0.2) is 4.98 Å². The molecule has 7 heteroatoms. The van der Waals surface area contributed by atoms with Crippen LogP contribution >= 0.6 is 11.3 Å². The first-order valence-electron chi connectivity index (χ1n) is 9.45. The van der Waals surface area contributed by atoms with Gasteiger partial charge in [0.15, 0.2) is 5.69 Å². The Morgan fingerprint density at radius 2 is 2.11 bits per heavy atom. The molecule has 4 rings (SSSR count). The largest absolute Gasteiger partial charge is 0.328 e. The van der Waals surface area contributed by atoms with Crippen LogP contribution < -0.4 is 0 Å². The predicted molar refractivity (Wildman–Crippen MR) is 105 cm³/mol. The van der Waals surface area contributed by atoms with E-state index in [9.17, 15) is 4.79 Å². The second-order valence-corrected chi connectivity index (χ2v) is 7.76. The van der Waals surface area contributed by atoms with Gasteiger partial charge in [0.05, 0.1) is 12.2 Å². The standard InChI is InChI=1S/C20H23N5OS/c26-20(25-13-5-4-10-18(25)19-21-11-14-27-19)17-15-24(23-22-17)12-6-9-16-7-2-1-3-8-16/h1-3,7-8,11,14-15,18H,4-6,9-10,12-13H2/t18-/m1/s1. The number of nitrogens with zero attached hydrogens (tertiary/aromatic N) is 5. The van der Waals surface area contributed by atoms with Crippen molar-refractivity contribution in [3.05, 3.63) is 64.4 Å². The molecule has 1 fully saturated rings. The maximum absolute atomic E-state index is 13.0. The third-order valence-electron chi connectivity index (χ3n) is 4.95. The lowest BCUT2D eigenvalue weighted by Gasteiger charge is -2.33. The van der Waals surface area contributed by atoms with Crippen molar-refractivity contribution in [1.82, 2.24) is 24.9 Å². The van der Waals surface area contributed by atoms with Crippen LogP contribution in [0.1, 0.15) is 52.8 Å². The Balaban J connectivity index is 1.39. The maximum atomic E-state index is 13.0. The molecule has 0 bridgehead atoms. The van der Waals surface area contributed by atoms with Gasteiger partial charge in [0, 0.05) is 24.7 Å². The Labute approximate surface area is 162 Å². The minimum absolute atomic E-state index is 0.0378. The van der Waals surface area contributed by atoms with E-state index in [2.05, 4.69) is 39.6 Å². The summed E-state index contributed by atoms with van der Waals surface area (Å²) in [4.78, 5) is 19.3. The van der Waals surface area contributed by atoms with Gasteiger partial charge in [0.2, 0.25) is 0 Å². The maximum Gasteiger partial charge on any atom is 0.276 e. The fourth-order valence-electron chi connectivity index (χ4n) is 3.57. The van der Waals surface area contributed by atoms with Gasteiger partial charge in [-0.05, 0) is 37.7 Å². The number of piperidine rings is 1. The van der Waals surface area contributed by atoms with Crippen LogP contribution in [0.3, 0.4) is 0 Å². The average Bonchev–Trinajstić information content (AvgIpc) is 3.41.